The summed E-state index contributed by atoms with van der Waals surface area (Å²) in [5.41, 5.74) is 1.43. The van der Waals surface area contributed by atoms with Gasteiger partial charge in [0.1, 0.15) is 11.9 Å². The van der Waals surface area contributed by atoms with E-state index in [1.807, 2.05) is 37.3 Å². The second-order valence-corrected chi connectivity index (χ2v) is 12.0. The SMILES string of the molecule is Cc1ccc(F)c(NC(=O)CN2CC[C@@H]3NC(=O)[C@H](Cc4ccccc4)NC(=O)C4(C/C=C/C[C@H]3C2)CCOCC4)c1. The third-order valence-electron chi connectivity index (χ3n) is 8.86. The van der Waals surface area contributed by atoms with Crippen molar-refractivity contribution in [2.24, 2.45) is 11.3 Å². The lowest BCUT2D eigenvalue weighted by Crippen LogP contribution is -2.58. The number of amides is 3. The van der Waals surface area contributed by atoms with Crippen LogP contribution in [0.2, 0.25) is 0 Å². The van der Waals surface area contributed by atoms with Crippen LogP contribution in [0.1, 0.15) is 43.2 Å². The summed E-state index contributed by atoms with van der Waals surface area (Å²) in [6.07, 6.45) is 7.82. The van der Waals surface area contributed by atoms with Crippen LogP contribution < -0.4 is 16.0 Å². The van der Waals surface area contributed by atoms with Gasteiger partial charge in [0.25, 0.3) is 0 Å². The Hall–Kier alpha value is -3.56. The molecule has 0 unspecified atom stereocenters. The van der Waals surface area contributed by atoms with Gasteiger partial charge in [-0.1, -0.05) is 48.6 Å². The lowest BCUT2D eigenvalue weighted by molar-refractivity contribution is -0.140. The van der Waals surface area contributed by atoms with Crippen LogP contribution >= 0.6 is 0 Å². The Morgan fingerprint density at radius 1 is 1.10 bits per heavy atom. The van der Waals surface area contributed by atoms with Crippen molar-refractivity contribution in [3.63, 3.8) is 0 Å². The third kappa shape index (κ3) is 7.44. The molecule has 0 aromatic heterocycles. The number of benzene rings is 2. The average molecular weight is 577 g/mol. The van der Waals surface area contributed by atoms with Crippen LogP contribution in [0.15, 0.2) is 60.7 Å². The zero-order chi connectivity index (χ0) is 29.5. The molecule has 224 valence electrons. The van der Waals surface area contributed by atoms with Crippen molar-refractivity contribution in [1.29, 1.82) is 0 Å². The van der Waals surface area contributed by atoms with Crippen LogP contribution in [0.3, 0.4) is 0 Å². The highest BCUT2D eigenvalue weighted by molar-refractivity contribution is 5.92. The number of aryl methyl sites for hydroxylation is 1. The van der Waals surface area contributed by atoms with E-state index in [1.54, 1.807) is 12.1 Å². The minimum atomic E-state index is -0.697. The molecule has 2 aromatic carbocycles. The molecule has 0 aliphatic carbocycles. The second kappa shape index (κ2) is 13.6. The van der Waals surface area contributed by atoms with Crippen LogP contribution in [0.5, 0.6) is 0 Å². The van der Waals surface area contributed by atoms with Crippen molar-refractivity contribution in [2.45, 2.75) is 57.5 Å². The molecular weight excluding hydrogens is 535 g/mol. The van der Waals surface area contributed by atoms with E-state index >= 15 is 0 Å². The molecule has 3 heterocycles. The normalized spacial score (nSPS) is 25.7. The van der Waals surface area contributed by atoms with Crippen molar-refractivity contribution in [3.8, 4) is 0 Å². The molecule has 2 saturated heterocycles. The van der Waals surface area contributed by atoms with E-state index in [9.17, 15) is 18.8 Å². The highest BCUT2D eigenvalue weighted by Crippen LogP contribution is 2.36. The Balaban J connectivity index is 1.31. The Labute approximate surface area is 247 Å². The van der Waals surface area contributed by atoms with Crippen molar-refractivity contribution in [3.05, 3.63) is 77.6 Å². The molecule has 0 saturated carbocycles. The fourth-order valence-electron chi connectivity index (χ4n) is 6.33. The molecule has 2 aromatic rings. The molecule has 3 N–H and O–H groups in total. The highest BCUT2D eigenvalue weighted by Gasteiger charge is 2.41. The smallest absolute Gasteiger partial charge is 0.243 e. The number of nitrogens with one attached hydrogen (secondary N) is 3. The van der Waals surface area contributed by atoms with Gasteiger partial charge in [-0.2, -0.15) is 0 Å². The number of likely N-dealkylation sites (tertiary alicyclic amines) is 1. The van der Waals surface area contributed by atoms with Gasteiger partial charge in [0.05, 0.1) is 17.6 Å². The van der Waals surface area contributed by atoms with Crippen LogP contribution in [-0.2, 0) is 25.5 Å². The van der Waals surface area contributed by atoms with Crippen molar-refractivity contribution < 1.29 is 23.5 Å². The maximum atomic E-state index is 14.2. The predicted octanol–water partition coefficient (Wildman–Crippen LogP) is 3.75. The van der Waals surface area contributed by atoms with Crippen molar-refractivity contribution in [2.75, 3.05) is 38.2 Å². The quantitative estimate of drug-likeness (QED) is 0.471. The topological polar surface area (TPSA) is 99.8 Å². The number of nitrogens with zero attached hydrogens (tertiary/aromatic N) is 1. The number of allylic oxidation sites excluding steroid dienone is 2. The Morgan fingerprint density at radius 2 is 1.88 bits per heavy atom. The van der Waals surface area contributed by atoms with Crippen LogP contribution in [0, 0.1) is 24.1 Å². The van der Waals surface area contributed by atoms with E-state index in [2.05, 4.69) is 33.0 Å². The Kier molecular flexibility index (Phi) is 9.69. The number of hydrogen-bond acceptors (Lipinski definition) is 5. The van der Waals surface area contributed by atoms with Gasteiger partial charge in [-0.3, -0.25) is 19.3 Å². The molecule has 9 heteroatoms. The number of piperidine rings is 1. The minimum Gasteiger partial charge on any atom is -0.381 e. The molecule has 0 radical (unpaired) electrons. The fourth-order valence-corrected chi connectivity index (χ4v) is 6.33. The van der Waals surface area contributed by atoms with E-state index < -0.39 is 17.3 Å². The van der Waals surface area contributed by atoms with Gasteiger partial charge >= 0.3 is 0 Å². The second-order valence-electron chi connectivity index (χ2n) is 12.0. The molecule has 3 atom stereocenters. The van der Waals surface area contributed by atoms with Gasteiger partial charge in [0.15, 0.2) is 0 Å². The summed E-state index contributed by atoms with van der Waals surface area (Å²) in [5.74, 6) is -0.915. The predicted molar refractivity (Wildman–Crippen MR) is 159 cm³/mol. The first-order valence-electron chi connectivity index (χ1n) is 15.0. The number of carbonyl (C=O) groups is 3. The largest absolute Gasteiger partial charge is 0.381 e. The number of anilines is 1. The maximum Gasteiger partial charge on any atom is 0.243 e. The van der Waals surface area contributed by atoms with E-state index in [0.29, 0.717) is 64.8 Å². The zero-order valence-electron chi connectivity index (χ0n) is 24.2. The number of ether oxygens (including phenoxy) is 1. The highest BCUT2D eigenvalue weighted by atomic mass is 19.1. The Bertz CT molecular complexity index is 1290. The first kappa shape index (κ1) is 29.9. The molecule has 3 aliphatic heterocycles. The van der Waals surface area contributed by atoms with Gasteiger partial charge in [0.2, 0.25) is 17.7 Å². The van der Waals surface area contributed by atoms with E-state index in [0.717, 1.165) is 11.1 Å². The number of rotatable bonds is 5. The minimum absolute atomic E-state index is 0.0839. The first-order valence-corrected chi connectivity index (χ1v) is 15.0. The maximum absolute atomic E-state index is 14.2. The summed E-state index contributed by atoms with van der Waals surface area (Å²) in [5, 5.41) is 9.09. The summed E-state index contributed by atoms with van der Waals surface area (Å²) >= 11 is 0. The van der Waals surface area contributed by atoms with E-state index in [4.69, 9.17) is 4.74 Å². The number of carbonyl (C=O) groups excluding carboxylic acids is 3. The standard InChI is InChI=1S/C33H41FN4O4/c1-23-10-11-26(34)28(19-23)35-30(39)22-38-16-12-27-25(21-38)9-5-6-13-33(14-17-42-18-15-33)32(41)37-29(31(40)36-27)20-24-7-3-2-4-8-24/h2-8,10-11,19,25,27,29H,9,12-18,20-22H2,1H3,(H,35,39)(H,36,40)(H,37,41)/b6-5+/t25-,27-,29-/m0/s1. The number of fused-ring (bicyclic) bond motifs is 1. The first-order chi connectivity index (χ1) is 20.3. The van der Waals surface area contributed by atoms with Gasteiger partial charge in [-0.25, -0.2) is 4.39 Å². The monoisotopic (exact) mass is 576 g/mol. The van der Waals surface area contributed by atoms with Gasteiger partial charge < -0.3 is 20.7 Å². The summed E-state index contributed by atoms with van der Waals surface area (Å²) in [6.45, 7) is 4.27. The van der Waals surface area contributed by atoms with Crippen LogP contribution in [-0.4, -0.2) is 67.6 Å². The fraction of sp³-hybridized carbons (Fsp3) is 0.485. The number of hydrogen-bond donors (Lipinski definition) is 3. The average Bonchev–Trinajstić information content (AvgIpc) is 2.98. The summed E-state index contributed by atoms with van der Waals surface area (Å²) in [7, 11) is 0. The summed E-state index contributed by atoms with van der Waals surface area (Å²) in [6, 6.07) is 13.6. The zero-order valence-corrected chi connectivity index (χ0v) is 24.2. The van der Waals surface area contributed by atoms with Gasteiger partial charge in [-0.15, -0.1) is 0 Å². The molecule has 3 amide bonds. The molecule has 0 bridgehead atoms. The molecule has 8 nitrogen and oxygen atoms in total. The van der Waals surface area contributed by atoms with Crippen LogP contribution in [0.4, 0.5) is 10.1 Å². The molecule has 5 rings (SSSR count). The van der Waals surface area contributed by atoms with Crippen molar-refractivity contribution in [1.82, 2.24) is 15.5 Å². The summed E-state index contributed by atoms with van der Waals surface area (Å²) < 4.78 is 19.8. The Morgan fingerprint density at radius 3 is 2.67 bits per heavy atom. The van der Waals surface area contributed by atoms with Gasteiger partial charge in [-0.05, 0) is 68.2 Å². The molecular formula is C33H41FN4O4. The molecule has 1 spiro atoms. The number of halogens is 1. The summed E-state index contributed by atoms with van der Waals surface area (Å²) in [4.78, 5) is 42.3. The van der Waals surface area contributed by atoms with Crippen molar-refractivity contribution >= 4 is 23.4 Å². The van der Waals surface area contributed by atoms with Gasteiger partial charge in [0, 0.05) is 38.8 Å². The molecule has 2 fully saturated rings. The third-order valence-corrected chi connectivity index (χ3v) is 8.86. The lowest BCUT2D eigenvalue weighted by Gasteiger charge is -2.40. The molecule has 3 aliphatic rings. The lowest BCUT2D eigenvalue weighted by atomic mass is 9.75. The molecule has 42 heavy (non-hydrogen) atoms. The van der Waals surface area contributed by atoms with E-state index in [-0.39, 0.29) is 41.9 Å². The van der Waals surface area contributed by atoms with Crippen LogP contribution in [0.25, 0.3) is 0 Å². The van der Waals surface area contributed by atoms with E-state index in [1.165, 1.54) is 6.07 Å².